The predicted molar refractivity (Wildman–Crippen MR) is 82.3 cm³/mol. The fourth-order valence-electron chi connectivity index (χ4n) is 1.99. The molecule has 8 heteroatoms. The maximum Gasteiger partial charge on any atom is 0.274 e. The number of thioether (sulfide) groups is 1. The van der Waals surface area contributed by atoms with Crippen LogP contribution < -0.4 is 5.32 Å². The van der Waals surface area contributed by atoms with Crippen LogP contribution in [0.5, 0.6) is 0 Å². The molecule has 0 atom stereocenters. The topological polar surface area (TPSA) is 92.5 Å². The van der Waals surface area contributed by atoms with Crippen molar-refractivity contribution in [2.75, 3.05) is 33.4 Å². The van der Waals surface area contributed by atoms with Gasteiger partial charge in [0, 0.05) is 13.1 Å². The van der Waals surface area contributed by atoms with Crippen molar-refractivity contribution in [3.63, 3.8) is 0 Å². The molecule has 0 aromatic carbocycles. The van der Waals surface area contributed by atoms with Gasteiger partial charge in [-0.2, -0.15) is 0 Å². The molecule has 118 valence electrons. The third-order valence-electron chi connectivity index (χ3n) is 3.08. The van der Waals surface area contributed by atoms with E-state index in [4.69, 9.17) is 4.52 Å². The van der Waals surface area contributed by atoms with E-state index in [0.29, 0.717) is 10.7 Å². The van der Waals surface area contributed by atoms with Gasteiger partial charge in [-0.25, -0.2) is 0 Å². The van der Waals surface area contributed by atoms with Gasteiger partial charge in [0.25, 0.3) is 5.91 Å². The number of fused-ring (bicyclic) bond motifs is 1. The van der Waals surface area contributed by atoms with E-state index in [9.17, 15) is 14.4 Å². The van der Waals surface area contributed by atoms with Crippen molar-refractivity contribution >= 4 is 29.2 Å². The van der Waals surface area contributed by atoms with Crippen molar-refractivity contribution in [3.8, 4) is 0 Å². The maximum atomic E-state index is 12.5. The standard InChI is InChI=1S/C14H17N3O4S/c1-15-14(20)11-10-12(19)9(22-6-4-5-17(2)3)7-8(18)13(10)21-16-11/h7H,4-6H2,1-3H3,(H,15,20). The van der Waals surface area contributed by atoms with Crippen LogP contribution in [-0.4, -0.2) is 61.0 Å². The van der Waals surface area contributed by atoms with Crippen LogP contribution in [0.2, 0.25) is 0 Å². The van der Waals surface area contributed by atoms with Crippen LogP contribution in [0.4, 0.5) is 0 Å². The number of rotatable bonds is 6. The molecule has 2 rings (SSSR count). The molecule has 0 aliphatic heterocycles. The first kappa shape index (κ1) is 16.4. The number of hydrogen-bond acceptors (Lipinski definition) is 7. The highest BCUT2D eigenvalue weighted by Gasteiger charge is 2.35. The van der Waals surface area contributed by atoms with Crippen molar-refractivity contribution in [1.82, 2.24) is 15.4 Å². The van der Waals surface area contributed by atoms with Gasteiger partial charge in [0.05, 0.1) is 4.91 Å². The van der Waals surface area contributed by atoms with Gasteiger partial charge >= 0.3 is 0 Å². The van der Waals surface area contributed by atoms with Crippen molar-refractivity contribution in [3.05, 3.63) is 28.0 Å². The first-order chi connectivity index (χ1) is 10.5. The Hall–Kier alpha value is -1.93. The average molecular weight is 323 g/mol. The fraction of sp³-hybridized carbons (Fsp3) is 0.429. The minimum Gasteiger partial charge on any atom is -0.354 e. The Morgan fingerprint density at radius 1 is 1.41 bits per heavy atom. The highest BCUT2D eigenvalue weighted by molar-refractivity contribution is 8.04. The van der Waals surface area contributed by atoms with Crippen LogP contribution in [0.15, 0.2) is 15.5 Å². The SMILES string of the molecule is CNC(=O)c1noc2c1C(=O)C(SCCCN(C)C)=CC2=O. The van der Waals surface area contributed by atoms with Crippen molar-refractivity contribution in [2.24, 2.45) is 0 Å². The van der Waals surface area contributed by atoms with Crippen LogP contribution in [0.1, 0.15) is 37.8 Å². The summed E-state index contributed by atoms with van der Waals surface area (Å²) in [4.78, 5) is 38.5. The summed E-state index contributed by atoms with van der Waals surface area (Å²) in [7, 11) is 5.36. The van der Waals surface area contributed by atoms with E-state index >= 15 is 0 Å². The number of nitrogens with zero attached hydrogens (tertiary/aromatic N) is 2. The molecule has 22 heavy (non-hydrogen) atoms. The monoisotopic (exact) mass is 323 g/mol. The lowest BCUT2D eigenvalue weighted by atomic mass is 10.00. The fourth-order valence-corrected chi connectivity index (χ4v) is 2.90. The van der Waals surface area contributed by atoms with Gasteiger partial charge < -0.3 is 14.7 Å². The van der Waals surface area contributed by atoms with Gasteiger partial charge in [0.2, 0.25) is 17.3 Å². The first-order valence-electron chi connectivity index (χ1n) is 6.75. The summed E-state index contributed by atoms with van der Waals surface area (Å²) in [6.45, 7) is 0.893. The zero-order valence-electron chi connectivity index (χ0n) is 12.6. The van der Waals surface area contributed by atoms with E-state index in [-0.39, 0.29) is 22.8 Å². The number of hydrogen-bond donors (Lipinski definition) is 1. The Kier molecular flexibility index (Phi) is 5.15. The zero-order chi connectivity index (χ0) is 16.3. The molecule has 0 bridgehead atoms. The number of aromatic nitrogens is 1. The van der Waals surface area contributed by atoms with Crippen LogP contribution in [0, 0.1) is 0 Å². The number of carbonyl (C=O) groups is 3. The Labute approximate surface area is 132 Å². The molecule has 0 saturated heterocycles. The molecule has 0 fully saturated rings. The Balaban J connectivity index is 2.17. The lowest BCUT2D eigenvalue weighted by Gasteiger charge is -2.12. The summed E-state index contributed by atoms with van der Waals surface area (Å²) in [5, 5.41) is 5.92. The summed E-state index contributed by atoms with van der Waals surface area (Å²) in [6.07, 6.45) is 2.14. The Morgan fingerprint density at radius 2 is 2.14 bits per heavy atom. The predicted octanol–water partition coefficient (Wildman–Crippen LogP) is 0.982. The molecule has 0 spiro atoms. The lowest BCUT2D eigenvalue weighted by Crippen LogP contribution is -2.23. The second-order valence-corrected chi connectivity index (χ2v) is 6.16. The summed E-state index contributed by atoms with van der Waals surface area (Å²) in [6, 6.07) is 0. The number of carbonyl (C=O) groups excluding carboxylic acids is 3. The molecule has 0 unspecified atom stereocenters. The Morgan fingerprint density at radius 3 is 2.77 bits per heavy atom. The van der Waals surface area contributed by atoms with Crippen molar-refractivity contribution in [1.29, 1.82) is 0 Å². The van der Waals surface area contributed by atoms with E-state index < -0.39 is 11.7 Å². The van der Waals surface area contributed by atoms with Crippen LogP contribution in [0.3, 0.4) is 0 Å². The van der Waals surface area contributed by atoms with Crippen LogP contribution in [0.25, 0.3) is 0 Å². The van der Waals surface area contributed by atoms with E-state index in [0.717, 1.165) is 13.0 Å². The number of Topliss-reactive ketones (excluding diaryl/α,β-unsaturated/α-hetero) is 1. The minimum absolute atomic E-state index is 0.0399. The molecule has 1 aromatic rings. The second kappa shape index (κ2) is 6.89. The summed E-state index contributed by atoms with van der Waals surface area (Å²) in [5.41, 5.74) is -0.183. The van der Waals surface area contributed by atoms with E-state index in [1.54, 1.807) is 0 Å². The summed E-state index contributed by atoms with van der Waals surface area (Å²) >= 11 is 1.31. The maximum absolute atomic E-state index is 12.5. The third kappa shape index (κ3) is 3.28. The molecule has 1 amide bonds. The highest BCUT2D eigenvalue weighted by Crippen LogP contribution is 2.30. The third-order valence-corrected chi connectivity index (χ3v) is 4.19. The molecular weight excluding hydrogens is 306 g/mol. The van der Waals surface area contributed by atoms with E-state index in [1.165, 1.54) is 24.9 Å². The first-order valence-corrected chi connectivity index (χ1v) is 7.74. The highest BCUT2D eigenvalue weighted by atomic mass is 32.2. The van der Waals surface area contributed by atoms with Gasteiger partial charge in [0.15, 0.2) is 5.69 Å². The lowest BCUT2D eigenvalue weighted by molar-refractivity contribution is 0.0944. The minimum atomic E-state index is -0.551. The van der Waals surface area contributed by atoms with Crippen molar-refractivity contribution in [2.45, 2.75) is 6.42 Å². The number of nitrogens with one attached hydrogen (secondary N) is 1. The molecule has 7 nitrogen and oxygen atoms in total. The van der Waals surface area contributed by atoms with Gasteiger partial charge in [-0.15, -0.1) is 11.8 Å². The average Bonchev–Trinajstić information content (AvgIpc) is 2.93. The summed E-state index contributed by atoms with van der Waals surface area (Å²) < 4.78 is 4.86. The zero-order valence-corrected chi connectivity index (χ0v) is 13.5. The molecule has 1 heterocycles. The normalized spacial score (nSPS) is 14.1. The largest absolute Gasteiger partial charge is 0.354 e. The van der Waals surface area contributed by atoms with E-state index in [1.807, 2.05) is 19.0 Å². The molecule has 0 radical (unpaired) electrons. The second-order valence-electron chi connectivity index (χ2n) is 5.02. The van der Waals surface area contributed by atoms with Gasteiger partial charge in [-0.05, 0) is 32.8 Å². The molecule has 1 N–H and O–H groups in total. The molecule has 1 aromatic heterocycles. The molecule has 1 aliphatic rings. The number of allylic oxidation sites excluding steroid dienone is 2. The quantitative estimate of drug-likeness (QED) is 0.780. The number of amides is 1. The number of ketones is 2. The molecule has 0 saturated carbocycles. The summed E-state index contributed by atoms with van der Waals surface area (Å²) in [5.74, 6) is -0.832. The molecular formula is C14H17N3O4S. The Bertz CT molecular complexity index is 649. The smallest absolute Gasteiger partial charge is 0.274 e. The van der Waals surface area contributed by atoms with Crippen molar-refractivity contribution < 1.29 is 18.9 Å². The van der Waals surface area contributed by atoms with Crippen LogP contribution >= 0.6 is 11.8 Å². The van der Waals surface area contributed by atoms with Gasteiger partial charge in [0.1, 0.15) is 5.56 Å². The molecule has 1 aliphatic carbocycles. The van der Waals surface area contributed by atoms with Gasteiger partial charge in [-0.3, -0.25) is 14.4 Å². The van der Waals surface area contributed by atoms with E-state index in [2.05, 4.69) is 10.5 Å². The van der Waals surface area contributed by atoms with Crippen LogP contribution in [-0.2, 0) is 0 Å². The van der Waals surface area contributed by atoms with Gasteiger partial charge in [-0.1, -0.05) is 5.16 Å².